The van der Waals surface area contributed by atoms with Gasteiger partial charge in [0.25, 0.3) is 0 Å². The van der Waals surface area contributed by atoms with E-state index in [-0.39, 0.29) is 0 Å². The normalized spacial score (nSPS) is 18.4. The fourth-order valence-electron chi connectivity index (χ4n) is 2.48. The molecule has 1 aromatic heterocycles. The Hall–Kier alpha value is -0.680. The van der Waals surface area contributed by atoms with Crippen LogP contribution < -0.4 is 5.73 Å². The fourth-order valence-corrected chi connectivity index (χ4v) is 2.83. The summed E-state index contributed by atoms with van der Waals surface area (Å²) in [5.41, 5.74) is 6.69. The molecule has 0 radical (unpaired) electrons. The van der Waals surface area contributed by atoms with Gasteiger partial charge in [-0.05, 0) is 74.1 Å². The van der Waals surface area contributed by atoms with E-state index in [0.717, 1.165) is 22.5 Å². The number of likely N-dealkylation sites (tertiary alicyclic amines) is 1. The van der Waals surface area contributed by atoms with Crippen molar-refractivity contribution in [1.29, 1.82) is 0 Å². The Morgan fingerprint density at radius 3 is 2.61 bits per heavy atom. The lowest BCUT2D eigenvalue weighted by Gasteiger charge is -2.34. The van der Waals surface area contributed by atoms with Crippen molar-refractivity contribution in [3.05, 3.63) is 16.2 Å². The van der Waals surface area contributed by atoms with Gasteiger partial charge in [0.05, 0.1) is 10.2 Å². The van der Waals surface area contributed by atoms with Gasteiger partial charge in [-0.2, -0.15) is 5.10 Å². The second kappa shape index (κ2) is 5.97. The SMILES string of the molecule is CC(C)N1CCC(Cc2cc(Br)c(N)nn2)CC1. The second-order valence-electron chi connectivity index (χ2n) is 5.35. The first kappa shape index (κ1) is 13.7. The summed E-state index contributed by atoms with van der Waals surface area (Å²) in [4.78, 5) is 2.54. The number of anilines is 1. The van der Waals surface area contributed by atoms with Crippen molar-refractivity contribution in [1.82, 2.24) is 15.1 Å². The topological polar surface area (TPSA) is 55.0 Å². The molecule has 0 amide bonds. The van der Waals surface area contributed by atoms with Crippen LogP contribution in [0.25, 0.3) is 0 Å². The average molecular weight is 313 g/mol. The van der Waals surface area contributed by atoms with Crippen molar-refractivity contribution in [2.24, 2.45) is 5.92 Å². The number of hydrogen-bond acceptors (Lipinski definition) is 4. The molecule has 5 heteroatoms. The molecule has 0 aromatic carbocycles. The van der Waals surface area contributed by atoms with Gasteiger partial charge in [-0.3, -0.25) is 0 Å². The summed E-state index contributed by atoms with van der Waals surface area (Å²) >= 11 is 3.40. The molecule has 2 rings (SSSR count). The minimum atomic E-state index is 0.466. The van der Waals surface area contributed by atoms with E-state index in [0.29, 0.717) is 11.9 Å². The molecule has 1 aliphatic rings. The highest BCUT2D eigenvalue weighted by molar-refractivity contribution is 9.10. The molecule has 0 unspecified atom stereocenters. The number of aromatic nitrogens is 2. The molecule has 2 N–H and O–H groups in total. The number of piperidine rings is 1. The zero-order chi connectivity index (χ0) is 13.1. The molecule has 18 heavy (non-hydrogen) atoms. The fraction of sp³-hybridized carbons (Fsp3) is 0.692. The van der Waals surface area contributed by atoms with Crippen molar-refractivity contribution in [3.63, 3.8) is 0 Å². The molecule has 1 saturated heterocycles. The molecule has 1 aromatic rings. The van der Waals surface area contributed by atoms with Gasteiger partial charge in [-0.15, -0.1) is 5.10 Å². The molecule has 1 fully saturated rings. The van der Waals surface area contributed by atoms with E-state index >= 15 is 0 Å². The molecule has 0 aliphatic carbocycles. The minimum absolute atomic E-state index is 0.466. The van der Waals surface area contributed by atoms with E-state index in [1.165, 1.54) is 25.9 Å². The van der Waals surface area contributed by atoms with Crippen LogP contribution in [0, 0.1) is 5.92 Å². The third-order valence-electron chi connectivity index (χ3n) is 3.70. The van der Waals surface area contributed by atoms with Crippen molar-refractivity contribution < 1.29 is 0 Å². The quantitative estimate of drug-likeness (QED) is 0.931. The molecule has 4 nitrogen and oxygen atoms in total. The van der Waals surface area contributed by atoms with E-state index in [1.54, 1.807) is 0 Å². The van der Waals surface area contributed by atoms with Crippen LogP contribution in [0.15, 0.2) is 10.5 Å². The van der Waals surface area contributed by atoms with Gasteiger partial charge in [-0.25, -0.2) is 0 Å². The summed E-state index contributed by atoms with van der Waals surface area (Å²) in [5.74, 6) is 1.19. The first-order valence-corrected chi connectivity index (χ1v) is 7.37. The Balaban J connectivity index is 1.89. The molecule has 100 valence electrons. The Kier molecular flexibility index (Phi) is 4.56. The Bertz CT molecular complexity index is 400. The van der Waals surface area contributed by atoms with Crippen LogP contribution in [0.2, 0.25) is 0 Å². The molecule has 1 aliphatic heterocycles. The second-order valence-corrected chi connectivity index (χ2v) is 6.20. The van der Waals surface area contributed by atoms with E-state index in [2.05, 4.69) is 44.9 Å². The van der Waals surface area contributed by atoms with Crippen LogP contribution in [0.1, 0.15) is 32.4 Å². The van der Waals surface area contributed by atoms with Gasteiger partial charge in [0.15, 0.2) is 5.82 Å². The third kappa shape index (κ3) is 3.42. The summed E-state index contributed by atoms with van der Waals surface area (Å²) in [6.45, 7) is 6.93. The number of halogens is 1. The minimum Gasteiger partial charge on any atom is -0.381 e. The predicted molar refractivity (Wildman–Crippen MR) is 77.3 cm³/mol. The Morgan fingerprint density at radius 1 is 1.39 bits per heavy atom. The summed E-state index contributed by atoms with van der Waals surface area (Å²) in [5, 5.41) is 8.13. The van der Waals surface area contributed by atoms with Crippen molar-refractivity contribution >= 4 is 21.7 Å². The van der Waals surface area contributed by atoms with Crippen LogP contribution >= 0.6 is 15.9 Å². The molecule has 2 heterocycles. The van der Waals surface area contributed by atoms with Crippen LogP contribution in [-0.4, -0.2) is 34.2 Å². The zero-order valence-corrected chi connectivity index (χ0v) is 12.7. The lowest BCUT2D eigenvalue weighted by Crippen LogP contribution is -2.38. The molecule has 0 bridgehead atoms. The number of hydrogen-bond donors (Lipinski definition) is 1. The summed E-state index contributed by atoms with van der Waals surface area (Å²) < 4.78 is 0.854. The summed E-state index contributed by atoms with van der Waals surface area (Å²) in [6, 6.07) is 2.66. The summed E-state index contributed by atoms with van der Waals surface area (Å²) in [6.07, 6.45) is 3.52. The first-order valence-electron chi connectivity index (χ1n) is 6.58. The lowest BCUT2D eigenvalue weighted by atomic mass is 9.91. The number of nitrogens with zero attached hydrogens (tertiary/aromatic N) is 3. The van der Waals surface area contributed by atoms with E-state index in [4.69, 9.17) is 5.73 Å². The maximum atomic E-state index is 5.65. The van der Waals surface area contributed by atoms with Gasteiger partial charge in [0.1, 0.15) is 0 Å². The molecule has 0 saturated carbocycles. The van der Waals surface area contributed by atoms with Crippen LogP contribution in [0.5, 0.6) is 0 Å². The highest BCUT2D eigenvalue weighted by Gasteiger charge is 2.21. The molecule has 0 spiro atoms. The summed E-state index contributed by atoms with van der Waals surface area (Å²) in [7, 11) is 0. The Morgan fingerprint density at radius 2 is 2.06 bits per heavy atom. The van der Waals surface area contributed by atoms with Gasteiger partial charge >= 0.3 is 0 Å². The van der Waals surface area contributed by atoms with Crippen molar-refractivity contribution in [3.8, 4) is 0 Å². The van der Waals surface area contributed by atoms with Crippen molar-refractivity contribution in [2.45, 2.75) is 39.2 Å². The van der Waals surface area contributed by atoms with E-state index in [1.807, 2.05) is 6.07 Å². The number of nitrogen functional groups attached to an aromatic ring is 1. The van der Waals surface area contributed by atoms with Crippen LogP contribution in [0.4, 0.5) is 5.82 Å². The highest BCUT2D eigenvalue weighted by atomic mass is 79.9. The maximum Gasteiger partial charge on any atom is 0.160 e. The van der Waals surface area contributed by atoms with Gasteiger partial charge in [-0.1, -0.05) is 0 Å². The van der Waals surface area contributed by atoms with Gasteiger partial charge in [0.2, 0.25) is 0 Å². The van der Waals surface area contributed by atoms with Gasteiger partial charge in [0, 0.05) is 6.04 Å². The molecular weight excluding hydrogens is 292 g/mol. The predicted octanol–water partition coefficient (Wildman–Crippen LogP) is 2.48. The molecular formula is C13H21BrN4. The number of nitrogens with two attached hydrogens (primary N) is 1. The van der Waals surface area contributed by atoms with E-state index < -0.39 is 0 Å². The zero-order valence-electron chi connectivity index (χ0n) is 11.1. The largest absolute Gasteiger partial charge is 0.381 e. The molecule has 0 atom stereocenters. The van der Waals surface area contributed by atoms with Crippen LogP contribution in [-0.2, 0) is 6.42 Å². The smallest absolute Gasteiger partial charge is 0.160 e. The highest BCUT2D eigenvalue weighted by Crippen LogP contribution is 2.24. The standard InChI is InChI=1S/C13H21BrN4/c1-9(2)18-5-3-10(4-6-18)7-11-8-12(14)13(15)17-16-11/h8-10H,3-7H2,1-2H3,(H2,15,17). The lowest BCUT2D eigenvalue weighted by molar-refractivity contribution is 0.149. The van der Waals surface area contributed by atoms with Crippen molar-refractivity contribution in [2.75, 3.05) is 18.8 Å². The first-order chi connectivity index (χ1) is 8.56. The van der Waals surface area contributed by atoms with Crippen LogP contribution in [0.3, 0.4) is 0 Å². The van der Waals surface area contributed by atoms with E-state index in [9.17, 15) is 0 Å². The Labute approximate surface area is 117 Å². The monoisotopic (exact) mass is 312 g/mol. The average Bonchev–Trinajstić information content (AvgIpc) is 2.34. The third-order valence-corrected chi connectivity index (χ3v) is 4.34. The van der Waals surface area contributed by atoms with Gasteiger partial charge < -0.3 is 10.6 Å². The number of rotatable bonds is 3. The maximum absolute atomic E-state index is 5.65.